The van der Waals surface area contributed by atoms with Crippen LogP contribution in [-0.4, -0.2) is 5.11 Å². The number of ether oxygens (including phenoxy) is 1. The lowest BCUT2D eigenvalue weighted by atomic mass is 10.1. The number of aliphatic hydroxyl groups excluding tert-OH is 1. The van der Waals surface area contributed by atoms with E-state index in [2.05, 4.69) is 0 Å². The Morgan fingerprint density at radius 3 is 2.47 bits per heavy atom. The van der Waals surface area contributed by atoms with Crippen LogP contribution in [-0.2, 0) is 6.61 Å². The predicted octanol–water partition coefficient (Wildman–Crippen LogP) is 3.85. The molecule has 2 aromatic rings. The monoisotopic (exact) mass is 260 g/mol. The third kappa shape index (κ3) is 3.55. The molecule has 1 N–H and O–H groups in total. The third-order valence-corrected chi connectivity index (χ3v) is 2.97. The van der Waals surface area contributed by atoms with Gasteiger partial charge in [-0.3, -0.25) is 0 Å². The van der Waals surface area contributed by atoms with Gasteiger partial charge < -0.3 is 9.84 Å². The minimum Gasteiger partial charge on any atom is -0.489 e. The molecule has 100 valence electrons. The van der Waals surface area contributed by atoms with Crippen molar-refractivity contribution >= 4 is 0 Å². The molecule has 0 radical (unpaired) electrons. The summed E-state index contributed by atoms with van der Waals surface area (Å²) in [5, 5.41) is 9.91. The molecule has 0 amide bonds. The molecule has 19 heavy (non-hydrogen) atoms. The molecule has 0 heterocycles. The van der Waals surface area contributed by atoms with Gasteiger partial charge in [-0.25, -0.2) is 4.39 Å². The number of rotatable bonds is 5. The molecule has 3 heteroatoms. The minimum atomic E-state index is -0.524. The van der Waals surface area contributed by atoms with Gasteiger partial charge in [-0.05, 0) is 30.2 Å². The van der Waals surface area contributed by atoms with Gasteiger partial charge in [0, 0.05) is 5.56 Å². The Morgan fingerprint density at radius 1 is 1.11 bits per heavy atom. The molecular weight excluding hydrogens is 243 g/mol. The summed E-state index contributed by atoms with van der Waals surface area (Å²) < 4.78 is 18.5. The second-order valence-electron chi connectivity index (χ2n) is 4.38. The van der Waals surface area contributed by atoms with E-state index in [0.29, 0.717) is 18.8 Å². The van der Waals surface area contributed by atoms with Crippen molar-refractivity contribution in [2.24, 2.45) is 0 Å². The Labute approximate surface area is 112 Å². The standard InChI is InChI=1S/C16H17FO2/c1-2-15(18)14-5-3-4-6-16(14)19-11-12-7-9-13(17)10-8-12/h3-10,15,18H,2,11H2,1H3/t15-/m1/s1. The van der Waals surface area contributed by atoms with E-state index in [1.807, 2.05) is 31.2 Å². The summed E-state index contributed by atoms with van der Waals surface area (Å²) in [6.45, 7) is 2.27. The molecule has 0 aromatic heterocycles. The van der Waals surface area contributed by atoms with E-state index in [9.17, 15) is 9.50 Å². The third-order valence-electron chi connectivity index (χ3n) is 2.97. The summed E-state index contributed by atoms with van der Waals surface area (Å²) >= 11 is 0. The molecule has 2 nitrogen and oxygen atoms in total. The largest absolute Gasteiger partial charge is 0.489 e. The summed E-state index contributed by atoms with van der Waals surface area (Å²) in [6, 6.07) is 13.6. The quantitative estimate of drug-likeness (QED) is 0.884. The fourth-order valence-corrected chi connectivity index (χ4v) is 1.85. The summed E-state index contributed by atoms with van der Waals surface area (Å²) in [6.07, 6.45) is 0.112. The first-order valence-electron chi connectivity index (χ1n) is 6.35. The highest BCUT2D eigenvalue weighted by atomic mass is 19.1. The van der Waals surface area contributed by atoms with Crippen molar-refractivity contribution in [1.29, 1.82) is 0 Å². The molecule has 0 saturated heterocycles. The number of hydrogen-bond acceptors (Lipinski definition) is 2. The number of halogens is 1. The molecule has 0 spiro atoms. The lowest BCUT2D eigenvalue weighted by molar-refractivity contribution is 0.166. The second kappa shape index (κ2) is 6.34. The van der Waals surface area contributed by atoms with E-state index in [0.717, 1.165) is 11.1 Å². The second-order valence-corrected chi connectivity index (χ2v) is 4.38. The molecule has 0 aliphatic carbocycles. The number of aliphatic hydroxyl groups is 1. The lowest BCUT2D eigenvalue weighted by Gasteiger charge is -2.14. The molecule has 2 aromatic carbocycles. The van der Waals surface area contributed by atoms with E-state index in [1.54, 1.807) is 12.1 Å². The zero-order valence-corrected chi connectivity index (χ0v) is 10.8. The first kappa shape index (κ1) is 13.6. The molecule has 2 rings (SSSR count). The summed E-state index contributed by atoms with van der Waals surface area (Å²) in [5.41, 5.74) is 1.68. The molecule has 0 saturated carbocycles. The van der Waals surface area contributed by atoms with Crippen molar-refractivity contribution in [2.75, 3.05) is 0 Å². The van der Waals surface area contributed by atoms with Crippen molar-refractivity contribution in [2.45, 2.75) is 26.1 Å². The van der Waals surface area contributed by atoms with E-state index in [-0.39, 0.29) is 5.82 Å². The fraction of sp³-hybridized carbons (Fsp3) is 0.250. The maximum atomic E-state index is 12.8. The maximum absolute atomic E-state index is 12.8. The van der Waals surface area contributed by atoms with Gasteiger partial charge in [0.05, 0.1) is 6.10 Å². The highest BCUT2D eigenvalue weighted by molar-refractivity contribution is 5.35. The van der Waals surface area contributed by atoms with Gasteiger partial charge in [-0.1, -0.05) is 37.3 Å². The van der Waals surface area contributed by atoms with Crippen LogP contribution < -0.4 is 4.74 Å². The number of hydrogen-bond donors (Lipinski definition) is 1. The zero-order valence-electron chi connectivity index (χ0n) is 10.8. The highest BCUT2D eigenvalue weighted by Crippen LogP contribution is 2.27. The zero-order chi connectivity index (χ0) is 13.7. The first-order valence-corrected chi connectivity index (χ1v) is 6.35. The van der Waals surface area contributed by atoms with Crippen molar-refractivity contribution < 1.29 is 14.2 Å². The van der Waals surface area contributed by atoms with Crippen LogP contribution in [0, 0.1) is 5.82 Å². The number of benzene rings is 2. The van der Waals surface area contributed by atoms with Crippen LogP contribution in [0.4, 0.5) is 4.39 Å². The first-order chi connectivity index (χ1) is 9.20. The van der Waals surface area contributed by atoms with Crippen LogP contribution in [0.5, 0.6) is 5.75 Å². The van der Waals surface area contributed by atoms with Crippen LogP contribution in [0.15, 0.2) is 48.5 Å². The minimum absolute atomic E-state index is 0.259. The van der Waals surface area contributed by atoms with Gasteiger partial charge in [0.1, 0.15) is 18.2 Å². The van der Waals surface area contributed by atoms with Crippen LogP contribution in [0.2, 0.25) is 0 Å². The van der Waals surface area contributed by atoms with Crippen molar-refractivity contribution in [1.82, 2.24) is 0 Å². The van der Waals surface area contributed by atoms with Gasteiger partial charge in [0.15, 0.2) is 0 Å². The molecular formula is C16H17FO2. The van der Waals surface area contributed by atoms with E-state index < -0.39 is 6.10 Å². The van der Waals surface area contributed by atoms with Crippen LogP contribution in [0.25, 0.3) is 0 Å². The SMILES string of the molecule is CC[C@@H](O)c1ccccc1OCc1ccc(F)cc1. The van der Waals surface area contributed by atoms with Gasteiger partial charge >= 0.3 is 0 Å². The Hall–Kier alpha value is -1.87. The molecule has 0 aliphatic rings. The average Bonchev–Trinajstić information content (AvgIpc) is 2.46. The lowest BCUT2D eigenvalue weighted by Crippen LogP contribution is -2.02. The van der Waals surface area contributed by atoms with Crippen molar-refractivity contribution in [3.63, 3.8) is 0 Å². The van der Waals surface area contributed by atoms with Gasteiger partial charge in [-0.2, -0.15) is 0 Å². The normalized spacial score (nSPS) is 12.2. The fourth-order valence-electron chi connectivity index (χ4n) is 1.85. The van der Waals surface area contributed by atoms with E-state index >= 15 is 0 Å². The molecule has 0 fully saturated rings. The highest BCUT2D eigenvalue weighted by Gasteiger charge is 2.10. The van der Waals surface area contributed by atoms with Crippen LogP contribution >= 0.6 is 0 Å². The maximum Gasteiger partial charge on any atom is 0.125 e. The number of para-hydroxylation sites is 1. The van der Waals surface area contributed by atoms with Crippen molar-refractivity contribution in [3.8, 4) is 5.75 Å². The van der Waals surface area contributed by atoms with Gasteiger partial charge in [0.25, 0.3) is 0 Å². The summed E-state index contributed by atoms with van der Waals surface area (Å²) in [5.74, 6) is 0.409. The molecule has 0 unspecified atom stereocenters. The molecule has 0 bridgehead atoms. The van der Waals surface area contributed by atoms with E-state index in [4.69, 9.17) is 4.74 Å². The van der Waals surface area contributed by atoms with Crippen LogP contribution in [0.1, 0.15) is 30.6 Å². The van der Waals surface area contributed by atoms with Crippen LogP contribution in [0.3, 0.4) is 0 Å². The Bertz CT molecular complexity index is 523. The smallest absolute Gasteiger partial charge is 0.125 e. The van der Waals surface area contributed by atoms with Gasteiger partial charge in [0.2, 0.25) is 0 Å². The van der Waals surface area contributed by atoms with Gasteiger partial charge in [-0.15, -0.1) is 0 Å². The average molecular weight is 260 g/mol. The van der Waals surface area contributed by atoms with Crippen molar-refractivity contribution in [3.05, 3.63) is 65.5 Å². The Balaban J connectivity index is 2.09. The summed E-state index contributed by atoms with van der Waals surface area (Å²) in [4.78, 5) is 0. The predicted molar refractivity (Wildman–Crippen MR) is 72.4 cm³/mol. The van der Waals surface area contributed by atoms with E-state index in [1.165, 1.54) is 12.1 Å². The Kier molecular flexibility index (Phi) is 4.53. The Morgan fingerprint density at radius 2 is 1.79 bits per heavy atom. The molecule has 0 aliphatic heterocycles. The summed E-state index contributed by atoms with van der Waals surface area (Å²) in [7, 11) is 0. The topological polar surface area (TPSA) is 29.5 Å². The molecule has 1 atom stereocenters.